The van der Waals surface area contributed by atoms with Crippen LogP contribution < -0.4 is 4.90 Å². The third-order valence-electron chi connectivity index (χ3n) is 5.72. The van der Waals surface area contributed by atoms with E-state index in [1.165, 1.54) is 37.7 Å². The third-order valence-corrected chi connectivity index (χ3v) is 6.58. The van der Waals surface area contributed by atoms with Gasteiger partial charge in [0.15, 0.2) is 5.13 Å². The number of nitrogens with zero attached hydrogens (tertiary/aromatic N) is 2. The van der Waals surface area contributed by atoms with Crippen molar-refractivity contribution < 1.29 is 4.79 Å². The van der Waals surface area contributed by atoms with E-state index in [4.69, 9.17) is 4.98 Å². The summed E-state index contributed by atoms with van der Waals surface area (Å²) in [5.74, 6) is 0.730. The fourth-order valence-electron chi connectivity index (χ4n) is 4.13. The van der Waals surface area contributed by atoms with E-state index in [0.29, 0.717) is 18.0 Å². The van der Waals surface area contributed by atoms with Crippen molar-refractivity contribution in [2.75, 3.05) is 11.4 Å². The second-order valence-electron chi connectivity index (χ2n) is 7.80. The quantitative estimate of drug-likeness (QED) is 0.447. The Morgan fingerprint density at radius 1 is 1.03 bits per heavy atom. The zero-order chi connectivity index (χ0) is 20.1. The summed E-state index contributed by atoms with van der Waals surface area (Å²) in [4.78, 5) is 19.6. The Kier molecular flexibility index (Phi) is 6.40. The lowest BCUT2D eigenvalue weighted by atomic mass is 9.84. The van der Waals surface area contributed by atoms with Gasteiger partial charge in [-0.05, 0) is 42.9 Å². The van der Waals surface area contributed by atoms with Gasteiger partial charge >= 0.3 is 0 Å². The molecule has 0 spiro atoms. The molecule has 1 saturated carbocycles. The van der Waals surface area contributed by atoms with Crippen molar-refractivity contribution >= 4 is 22.4 Å². The maximum atomic E-state index is 13.0. The highest BCUT2D eigenvalue weighted by Crippen LogP contribution is 2.34. The summed E-state index contributed by atoms with van der Waals surface area (Å²) in [7, 11) is 0. The van der Waals surface area contributed by atoms with Gasteiger partial charge in [0.25, 0.3) is 5.91 Å². The summed E-state index contributed by atoms with van der Waals surface area (Å²) < 4.78 is 0. The normalized spacial score (nSPS) is 14.7. The minimum atomic E-state index is 0.0148. The molecule has 1 aromatic heterocycles. The van der Waals surface area contributed by atoms with Gasteiger partial charge in [0.05, 0.1) is 5.69 Å². The van der Waals surface area contributed by atoms with Crippen molar-refractivity contribution in [2.45, 2.75) is 51.4 Å². The molecule has 2 aromatic carbocycles. The first-order chi connectivity index (χ1) is 14.3. The Morgan fingerprint density at radius 3 is 2.45 bits per heavy atom. The summed E-state index contributed by atoms with van der Waals surface area (Å²) >= 11 is 1.54. The van der Waals surface area contributed by atoms with Gasteiger partial charge in [-0.1, -0.05) is 68.7 Å². The van der Waals surface area contributed by atoms with Crippen molar-refractivity contribution in [3.63, 3.8) is 0 Å². The first-order valence-corrected chi connectivity index (χ1v) is 11.6. The summed E-state index contributed by atoms with van der Waals surface area (Å²) in [5.41, 5.74) is 4.23. The molecule has 4 heteroatoms. The van der Waals surface area contributed by atoms with Crippen LogP contribution in [0.3, 0.4) is 0 Å². The minimum Gasteiger partial charge on any atom is -0.284 e. The van der Waals surface area contributed by atoms with E-state index in [1.54, 1.807) is 16.2 Å². The lowest BCUT2D eigenvalue weighted by Crippen LogP contribution is -2.31. The maximum Gasteiger partial charge on any atom is 0.260 e. The van der Waals surface area contributed by atoms with Crippen LogP contribution in [-0.2, 0) is 0 Å². The first-order valence-electron chi connectivity index (χ1n) is 10.7. The van der Waals surface area contributed by atoms with Gasteiger partial charge in [0.1, 0.15) is 0 Å². The molecule has 1 heterocycles. The van der Waals surface area contributed by atoms with Crippen LogP contribution in [0.5, 0.6) is 0 Å². The number of carbonyl (C=O) groups excluding carboxylic acids is 1. The second-order valence-corrected chi connectivity index (χ2v) is 8.63. The number of amides is 1. The molecule has 0 saturated heterocycles. The van der Waals surface area contributed by atoms with Crippen molar-refractivity contribution in [3.8, 4) is 11.3 Å². The molecule has 1 amide bonds. The molecule has 29 heavy (non-hydrogen) atoms. The first kappa shape index (κ1) is 19.8. The average Bonchev–Trinajstić information content (AvgIpc) is 3.28. The van der Waals surface area contributed by atoms with Crippen LogP contribution in [0.1, 0.15) is 67.3 Å². The summed E-state index contributed by atoms with van der Waals surface area (Å²) in [6, 6.07) is 18.4. The van der Waals surface area contributed by atoms with Crippen LogP contribution in [-0.4, -0.2) is 17.4 Å². The molecule has 3 aromatic rings. The van der Waals surface area contributed by atoms with E-state index in [-0.39, 0.29) is 5.91 Å². The Hall–Kier alpha value is -2.46. The smallest absolute Gasteiger partial charge is 0.260 e. The highest BCUT2D eigenvalue weighted by atomic mass is 32.1. The number of carbonyl (C=O) groups is 1. The summed E-state index contributed by atoms with van der Waals surface area (Å²) in [6.45, 7) is 2.76. The molecule has 1 fully saturated rings. The lowest BCUT2D eigenvalue weighted by Gasteiger charge is -2.22. The van der Waals surface area contributed by atoms with Gasteiger partial charge < -0.3 is 0 Å². The molecule has 150 valence electrons. The van der Waals surface area contributed by atoms with Crippen LogP contribution in [0.2, 0.25) is 0 Å². The molecule has 3 nitrogen and oxygen atoms in total. The molecule has 0 N–H and O–H groups in total. The topological polar surface area (TPSA) is 33.2 Å². The second kappa shape index (κ2) is 9.36. The van der Waals surface area contributed by atoms with Crippen LogP contribution in [0.15, 0.2) is 60.0 Å². The molecule has 1 aliphatic carbocycles. The molecular weight excluding hydrogens is 376 g/mol. The van der Waals surface area contributed by atoms with Gasteiger partial charge in [-0.15, -0.1) is 11.3 Å². The van der Waals surface area contributed by atoms with Crippen molar-refractivity contribution in [2.24, 2.45) is 0 Å². The van der Waals surface area contributed by atoms with Crippen molar-refractivity contribution in [1.29, 1.82) is 0 Å². The number of thiazole rings is 1. The molecular formula is C25H28N2OS. The van der Waals surface area contributed by atoms with Gasteiger partial charge in [-0.2, -0.15) is 0 Å². The fourth-order valence-corrected chi connectivity index (χ4v) is 4.99. The summed E-state index contributed by atoms with van der Waals surface area (Å²) in [5, 5.41) is 2.83. The Balaban J connectivity index is 1.53. The molecule has 0 radical (unpaired) electrons. The molecule has 0 unspecified atom stereocenters. The Labute approximate surface area is 177 Å². The van der Waals surface area contributed by atoms with Gasteiger partial charge in [0.2, 0.25) is 0 Å². The zero-order valence-electron chi connectivity index (χ0n) is 17.0. The largest absolute Gasteiger partial charge is 0.284 e. The van der Waals surface area contributed by atoms with E-state index in [0.717, 1.165) is 22.8 Å². The Bertz CT molecular complexity index is 927. The average molecular weight is 405 g/mol. The molecule has 1 aliphatic rings. The SMILES string of the molecule is CCCN(C(=O)c1ccccc1)c1nc(-c2ccc(C3CCCCC3)cc2)cs1. The number of hydrogen-bond acceptors (Lipinski definition) is 3. The van der Waals surface area contributed by atoms with Crippen molar-refractivity contribution in [1.82, 2.24) is 4.98 Å². The Morgan fingerprint density at radius 2 is 1.76 bits per heavy atom. The number of aromatic nitrogens is 1. The number of hydrogen-bond donors (Lipinski definition) is 0. The monoisotopic (exact) mass is 404 g/mol. The predicted molar refractivity (Wildman–Crippen MR) is 122 cm³/mol. The number of anilines is 1. The molecule has 0 aliphatic heterocycles. The van der Waals surface area contributed by atoms with Gasteiger partial charge in [-0.3, -0.25) is 9.69 Å². The fraction of sp³-hybridized carbons (Fsp3) is 0.360. The highest BCUT2D eigenvalue weighted by Gasteiger charge is 2.20. The van der Waals surface area contributed by atoms with E-state index >= 15 is 0 Å². The lowest BCUT2D eigenvalue weighted by molar-refractivity contribution is 0.0987. The third kappa shape index (κ3) is 4.59. The predicted octanol–water partition coefficient (Wildman–Crippen LogP) is 6.91. The van der Waals surface area contributed by atoms with Crippen LogP contribution >= 0.6 is 11.3 Å². The van der Waals surface area contributed by atoms with Gasteiger partial charge in [-0.25, -0.2) is 4.98 Å². The molecule has 0 atom stereocenters. The minimum absolute atomic E-state index is 0.0148. The molecule has 0 bridgehead atoms. The van der Waals surface area contributed by atoms with Gasteiger partial charge in [0, 0.05) is 23.1 Å². The highest BCUT2D eigenvalue weighted by molar-refractivity contribution is 7.14. The van der Waals surface area contributed by atoms with Crippen molar-refractivity contribution in [3.05, 3.63) is 71.1 Å². The van der Waals surface area contributed by atoms with E-state index in [2.05, 4.69) is 36.6 Å². The maximum absolute atomic E-state index is 13.0. The zero-order valence-corrected chi connectivity index (χ0v) is 17.8. The summed E-state index contributed by atoms with van der Waals surface area (Å²) in [6.07, 6.45) is 7.60. The number of rotatable bonds is 6. The number of benzene rings is 2. The van der Waals surface area contributed by atoms with Crippen LogP contribution in [0.4, 0.5) is 5.13 Å². The van der Waals surface area contributed by atoms with E-state index < -0.39 is 0 Å². The molecule has 4 rings (SSSR count). The van der Waals surface area contributed by atoms with Crippen LogP contribution in [0, 0.1) is 0 Å². The van der Waals surface area contributed by atoms with Crippen LogP contribution in [0.25, 0.3) is 11.3 Å². The van der Waals surface area contributed by atoms with E-state index in [9.17, 15) is 4.79 Å². The standard InChI is InChI=1S/C25H28N2OS/c1-2-17-27(24(28)22-11-7-4-8-12-22)25-26-23(18-29-25)21-15-13-20(14-16-21)19-9-5-3-6-10-19/h4,7-8,11-16,18-19H,2-3,5-6,9-10,17H2,1H3. The van der Waals surface area contributed by atoms with E-state index in [1.807, 2.05) is 30.3 Å².